The van der Waals surface area contributed by atoms with Gasteiger partial charge in [-0.1, -0.05) is 118 Å². The first kappa shape index (κ1) is 24.5. The van der Waals surface area contributed by atoms with Crippen molar-refractivity contribution in [2.45, 2.75) is 46.1 Å². The van der Waals surface area contributed by atoms with E-state index in [0.29, 0.717) is 6.42 Å². The van der Waals surface area contributed by atoms with Crippen molar-refractivity contribution in [3.05, 3.63) is 104 Å². The lowest BCUT2D eigenvalue weighted by atomic mass is 9.70. The molecule has 0 aromatic heterocycles. The number of nitrogens with zero attached hydrogens (tertiary/aromatic N) is 1. The highest BCUT2D eigenvalue weighted by molar-refractivity contribution is 7.96. The SMILES string of the molecule is C=CCC(C(=O)N1C(=O)[C@]2(C)CC[C@H]1C2(C)C)=P(c1ccccc1)(c1ccccc1)c1ccccc1. The molecule has 0 radical (unpaired) electrons. The van der Waals surface area contributed by atoms with Crippen molar-refractivity contribution in [3.8, 4) is 0 Å². The van der Waals surface area contributed by atoms with Crippen molar-refractivity contribution < 1.29 is 9.59 Å². The Morgan fingerprint density at radius 1 is 0.889 bits per heavy atom. The van der Waals surface area contributed by atoms with Crippen LogP contribution in [-0.4, -0.2) is 28.0 Å². The van der Waals surface area contributed by atoms with E-state index in [2.05, 4.69) is 56.8 Å². The first-order chi connectivity index (χ1) is 17.3. The molecule has 2 atom stereocenters. The molecule has 1 heterocycles. The van der Waals surface area contributed by atoms with E-state index >= 15 is 0 Å². The molecular weight excluding hydrogens is 461 g/mol. The predicted molar refractivity (Wildman–Crippen MR) is 152 cm³/mol. The molecule has 184 valence electrons. The topological polar surface area (TPSA) is 37.4 Å². The van der Waals surface area contributed by atoms with Gasteiger partial charge >= 0.3 is 0 Å². The average Bonchev–Trinajstić information content (AvgIpc) is 3.22. The molecule has 1 aliphatic carbocycles. The summed E-state index contributed by atoms with van der Waals surface area (Å²) in [6.45, 7) is 7.80. The Labute approximate surface area is 214 Å². The van der Waals surface area contributed by atoms with Crippen molar-refractivity contribution in [2.75, 3.05) is 0 Å². The highest BCUT2D eigenvalue weighted by atomic mass is 31.2. The summed E-state index contributed by atoms with van der Waals surface area (Å²) in [7, 11) is 0. The minimum atomic E-state index is -2.60. The Balaban J connectivity index is 1.89. The third kappa shape index (κ3) is 3.33. The summed E-state index contributed by atoms with van der Waals surface area (Å²) in [5, 5.41) is 4.08. The number of rotatable bonds is 6. The van der Waals surface area contributed by atoms with Crippen molar-refractivity contribution in [2.24, 2.45) is 10.8 Å². The standard InChI is InChI=1S/C32H34NO2P/c1-5-15-27(29(34)33-28-22-23-32(4,30(33)35)31(28,2)3)36(24-16-9-6-10-17-24,25-18-11-7-12-19-25)26-20-13-8-14-21-26/h5-14,16-21,28H,1,15,22-23H2,2-4H3/t28-,32-/m0/s1. The van der Waals surface area contributed by atoms with Crippen LogP contribution in [0, 0.1) is 10.8 Å². The number of hydrogen-bond acceptors (Lipinski definition) is 2. The summed E-state index contributed by atoms with van der Waals surface area (Å²) in [6, 6.07) is 31.0. The predicted octanol–water partition coefficient (Wildman–Crippen LogP) is 5.29. The maximum Gasteiger partial charge on any atom is 0.258 e. The fourth-order valence-corrected chi connectivity index (χ4v) is 10.9. The number of piperidine rings is 1. The van der Waals surface area contributed by atoms with Gasteiger partial charge in [0, 0.05) is 11.3 Å². The van der Waals surface area contributed by atoms with Crippen LogP contribution in [0.3, 0.4) is 0 Å². The van der Waals surface area contributed by atoms with E-state index in [1.807, 2.05) is 67.6 Å². The molecule has 0 unspecified atom stereocenters. The van der Waals surface area contributed by atoms with E-state index in [9.17, 15) is 9.59 Å². The summed E-state index contributed by atoms with van der Waals surface area (Å²) in [4.78, 5) is 30.3. The van der Waals surface area contributed by atoms with Gasteiger partial charge in [0.25, 0.3) is 5.91 Å². The van der Waals surface area contributed by atoms with Crippen LogP contribution >= 0.6 is 6.89 Å². The van der Waals surface area contributed by atoms with Crippen LogP contribution < -0.4 is 15.9 Å². The van der Waals surface area contributed by atoms with Crippen molar-refractivity contribution in [1.82, 2.24) is 4.90 Å². The Bertz CT molecular complexity index is 1260. The van der Waals surface area contributed by atoms with Gasteiger partial charge in [-0.3, -0.25) is 14.5 Å². The van der Waals surface area contributed by atoms with Crippen LogP contribution in [0.1, 0.15) is 40.0 Å². The molecule has 2 bridgehead atoms. The van der Waals surface area contributed by atoms with Crippen LogP contribution in [0.25, 0.3) is 0 Å². The summed E-state index contributed by atoms with van der Waals surface area (Å²) < 4.78 is 0. The van der Waals surface area contributed by atoms with Gasteiger partial charge in [0.05, 0.1) is 5.41 Å². The first-order valence-corrected chi connectivity index (χ1v) is 14.5. The van der Waals surface area contributed by atoms with Crippen LogP contribution in [0.15, 0.2) is 104 Å². The molecule has 5 rings (SSSR count). The number of amides is 2. The van der Waals surface area contributed by atoms with Gasteiger partial charge in [-0.05, 0) is 47.5 Å². The summed E-state index contributed by atoms with van der Waals surface area (Å²) in [5.74, 6) is -0.158. The molecule has 2 aliphatic rings. The largest absolute Gasteiger partial charge is 0.275 e. The number of likely N-dealkylation sites (tertiary alicyclic amines) is 1. The molecule has 0 N–H and O–H groups in total. The van der Waals surface area contributed by atoms with Crippen LogP contribution in [0.2, 0.25) is 0 Å². The Kier molecular flexibility index (Phi) is 6.17. The van der Waals surface area contributed by atoms with Crippen molar-refractivity contribution in [1.29, 1.82) is 0 Å². The van der Waals surface area contributed by atoms with Gasteiger partial charge in [-0.15, -0.1) is 6.58 Å². The maximum absolute atomic E-state index is 14.8. The van der Waals surface area contributed by atoms with Gasteiger partial charge in [-0.2, -0.15) is 0 Å². The Morgan fingerprint density at radius 2 is 1.33 bits per heavy atom. The molecule has 1 saturated heterocycles. The van der Waals surface area contributed by atoms with Crippen molar-refractivity contribution in [3.63, 3.8) is 0 Å². The van der Waals surface area contributed by atoms with Crippen LogP contribution in [0.5, 0.6) is 0 Å². The third-order valence-corrected chi connectivity index (χ3v) is 13.2. The Hall–Kier alpha value is -3.16. The highest BCUT2D eigenvalue weighted by Crippen LogP contribution is 2.61. The second-order valence-electron chi connectivity index (χ2n) is 10.7. The summed E-state index contributed by atoms with van der Waals surface area (Å²) in [6.07, 6.45) is 3.93. The maximum atomic E-state index is 14.8. The first-order valence-electron chi connectivity index (χ1n) is 12.7. The summed E-state index contributed by atoms with van der Waals surface area (Å²) in [5.41, 5.74) is -0.771. The van der Waals surface area contributed by atoms with Gasteiger partial charge in [0.15, 0.2) is 0 Å². The lowest BCUT2D eigenvalue weighted by Crippen LogP contribution is -2.49. The molecular formula is C32H34NO2P. The van der Waals surface area contributed by atoms with Gasteiger partial charge in [0.2, 0.25) is 5.91 Å². The molecule has 36 heavy (non-hydrogen) atoms. The summed E-state index contributed by atoms with van der Waals surface area (Å²) >= 11 is 0. The zero-order chi connectivity index (χ0) is 25.6. The van der Waals surface area contributed by atoms with E-state index in [0.717, 1.165) is 34.0 Å². The van der Waals surface area contributed by atoms with Crippen LogP contribution in [-0.2, 0) is 9.59 Å². The average molecular weight is 496 g/mol. The van der Waals surface area contributed by atoms with E-state index in [1.54, 1.807) is 4.90 Å². The minimum absolute atomic E-state index is 0.0254. The molecule has 1 aliphatic heterocycles. The van der Waals surface area contributed by atoms with E-state index < -0.39 is 12.3 Å². The number of carbonyl (C=O) groups excluding carboxylic acids is 2. The molecule has 3 aromatic rings. The van der Waals surface area contributed by atoms with Gasteiger partial charge < -0.3 is 0 Å². The molecule has 2 fully saturated rings. The number of fused-ring (bicyclic) bond motifs is 2. The van der Waals surface area contributed by atoms with Crippen LogP contribution in [0.4, 0.5) is 0 Å². The van der Waals surface area contributed by atoms with E-state index in [4.69, 9.17) is 0 Å². The second-order valence-corrected chi connectivity index (χ2v) is 14.1. The Morgan fingerprint density at radius 3 is 1.69 bits per heavy atom. The number of allylic oxidation sites excluding steroid dienone is 1. The fourth-order valence-electron chi connectivity index (χ4n) is 6.46. The molecule has 4 heteroatoms. The number of imide groups is 1. The normalized spacial score (nSPS) is 22.5. The number of benzene rings is 3. The smallest absolute Gasteiger partial charge is 0.258 e. The minimum Gasteiger partial charge on any atom is -0.275 e. The van der Waals surface area contributed by atoms with Gasteiger partial charge in [0.1, 0.15) is 0 Å². The zero-order valence-electron chi connectivity index (χ0n) is 21.4. The molecule has 0 spiro atoms. The number of hydrogen-bond donors (Lipinski definition) is 0. The number of carbonyl (C=O) groups is 2. The molecule has 3 nitrogen and oxygen atoms in total. The lowest BCUT2D eigenvalue weighted by Gasteiger charge is -2.35. The lowest BCUT2D eigenvalue weighted by molar-refractivity contribution is -0.146. The monoisotopic (exact) mass is 495 g/mol. The van der Waals surface area contributed by atoms with Crippen molar-refractivity contribution >= 4 is 39.9 Å². The molecule has 3 aromatic carbocycles. The quantitative estimate of drug-likeness (QED) is 0.344. The van der Waals surface area contributed by atoms with Gasteiger partial charge in [-0.25, -0.2) is 0 Å². The molecule has 1 saturated carbocycles. The third-order valence-electron chi connectivity index (χ3n) is 8.81. The molecule has 2 amide bonds. The zero-order valence-corrected chi connectivity index (χ0v) is 22.2. The highest BCUT2D eigenvalue weighted by Gasteiger charge is 2.67. The van der Waals surface area contributed by atoms with E-state index in [1.165, 1.54) is 0 Å². The van der Waals surface area contributed by atoms with E-state index in [-0.39, 0.29) is 23.3 Å². The second kappa shape index (κ2) is 9.05. The fraction of sp³-hybridized carbons (Fsp3) is 0.281.